The van der Waals surface area contributed by atoms with Gasteiger partial charge in [0.1, 0.15) is 9.71 Å². The Balaban J connectivity index is 2.29. The van der Waals surface area contributed by atoms with E-state index in [-0.39, 0.29) is 5.92 Å². The van der Waals surface area contributed by atoms with Crippen LogP contribution in [0.1, 0.15) is 35.1 Å². The average Bonchev–Trinajstić information content (AvgIpc) is 2.97. The molecule has 0 radical (unpaired) electrons. The van der Waals surface area contributed by atoms with Crippen molar-refractivity contribution in [3.8, 4) is 5.69 Å². The zero-order valence-electron chi connectivity index (χ0n) is 11.1. The molecule has 3 aromatic heterocycles. The minimum Gasteiger partial charge on any atom is -0.477 e. The third-order valence-electron chi connectivity index (χ3n) is 3.05. The van der Waals surface area contributed by atoms with Gasteiger partial charge in [0.15, 0.2) is 0 Å². The maximum atomic E-state index is 11.2. The van der Waals surface area contributed by atoms with E-state index in [4.69, 9.17) is 5.11 Å². The lowest BCUT2D eigenvalue weighted by Gasteiger charge is -2.02. The molecular formula is C14H13N3O2S. The molecular weight excluding hydrogens is 274 g/mol. The maximum absolute atomic E-state index is 11.2. The molecule has 0 atom stereocenters. The summed E-state index contributed by atoms with van der Waals surface area (Å²) in [5.41, 5.74) is 1.80. The fourth-order valence-electron chi connectivity index (χ4n) is 2.12. The van der Waals surface area contributed by atoms with Crippen LogP contribution in [0.3, 0.4) is 0 Å². The second kappa shape index (κ2) is 4.72. The molecule has 1 N–H and O–H groups in total. The van der Waals surface area contributed by atoms with Crippen LogP contribution in [0.15, 0.2) is 30.6 Å². The summed E-state index contributed by atoms with van der Waals surface area (Å²) in [5, 5.41) is 14.7. The van der Waals surface area contributed by atoms with Crippen molar-refractivity contribution in [2.45, 2.75) is 19.8 Å². The van der Waals surface area contributed by atoms with Crippen molar-refractivity contribution < 1.29 is 9.90 Å². The van der Waals surface area contributed by atoms with Crippen molar-refractivity contribution >= 4 is 27.5 Å². The normalized spacial score (nSPS) is 11.3. The predicted molar refractivity (Wildman–Crippen MR) is 77.8 cm³/mol. The van der Waals surface area contributed by atoms with E-state index < -0.39 is 5.97 Å². The Bertz CT molecular complexity index is 774. The molecule has 6 heteroatoms. The van der Waals surface area contributed by atoms with Crippen molar-refractivity contribution in [3.63, 3.8) is 0 Å². The minimum atomic E-state index is -0.901. The number of pyridine rings is 1. The van der Waals surface area contributed by atoms with Crippen LogP contribution in [0.2, 0.25) is 0 Å². The van der Waals surface area contributed by atoms with Gasteiger partial charge in [-0.2, -0.15) is 5.10 Å². The van der Waals surface area contributed by atoms with Gasteiger partial charge in [-0.05, 0) is 24.1 Å². The van der Waals surface area contributed by atoms with Gasteiger partial charge in [0, 0.05) is 17.8 Å². The average molecular weight is 287 g/mol. The Morgan fingerprint density at radius 2 is 2.05 bits per heavy atom. The molecule has 0 aromatic carbocycles. The number of aromatic nitrogens is 3. The van der Waals surface area contributed by atoms with Gasteiger partial charge in [-0.15, -0.1) is 11.3 Å². The van der Waals surface area contributed by atoms with Crippen LogP contribution in [0, 0.1) is 0 Å². The van der Waals surface area contributed by atoms with Crippen molar-refractivity contribution in [2.75, 3.05) is 0 Å². The highest BCUT2D eigenvalue weighted by Gasteiger charge is 2.19. The van der Waals surface area contributed by atoms with Crippen LogP contribution in [0.5, 0.6) is 0 Å². The van der Waals surface area contributed by atoms with Crippen molar-refractivity contribution in [3.05, 3.63) is 41.2 Å². The fraction of sp³-hybridized carbons (Fsp3) is 0.214. The first-order valence-electron chi connectivity index (χ1n) is 6.24. The van der Waals surface area contributed by atoms with Crippen LogP contribution in [-0.4, -0.2) is 25.8 Å². The first-order valence-corrected chi connectivity index (χ1v) is 7.05. The molecule has 0 aliphatic carbocycles. The SMILES string of the molecule is CC(C)c1nn(-c2ccncc2)c2sc(C(=O)O)cc12. The van der Waals surface area contributed by atoms with Gasteiger partial charge in [-0.1, -0.05) is 13.8 Å². The van der Waals surface area contributed by atoms with Crippen LogP contribution >= 0.6 is 11.3 Å². The van der Waals surface area contributed by atoms with Gasteiger partial charge in [0.2, 0.25) is 0 Å². The van der Waals surface area contributed by atoms with E-state index in [2.05, 4.69) is 23.9 Å². The second-order valence-corrected chi connectivity index (χ2v) is 5.82. The molecule has 0 saturated carbocycles. The number of fused-ring (bicyclic) bond motifs is 1. The zero-order chi connectivity index (χ0) is 14.3. The molecule has 3 heterocycles. The van der Waals surface area contributed by atoms with Gasteiger partial charge in [0.05, 0.1) is 11.4 Å². The van der Waals surface area contributed by atoms with E-state index in [9.17, 15) is 4.79 Å². The number of carbonyl (C=O) groups is 1. The third kappa shape index (κ3) is 1.98. The molecule has 20 heavy (non-hydrogen) atoms. The number of rotatable bonds is 3. The summed E-state index contributed by atoms with van der Waals surface area (Å²) in [4.78, 5) is 16.4. The Morgan fingerprint density at radius 1 is 1.35 bits per heavy atom. The van der Waals surface area contributed by atoms with Crippen molar-refractivity contribution in [1.29, 1.82) is 0 Å². The largest absolute Gasteiger partial charge is 0.477 e. The first-order chi connectivity index (χ1) is 9.58. The molecule has 0 spiro atoms. The van der Waals surface area contributed by atoms with Crippen molar-refractivity contribution in [2.24, 2.45) is 0 Å². The monoisotopic (exact) mass is 287 g/mol. The number of carboxylic acids is 1. The molecule has 0 aliphatic rings. The van der Waals surface area contributed by atoms with Crippen LogP contribution in [-0.2, 0) is 0 Å². The maximum Gasteiger partial charge on any atom is 0.345 e. The molecule has 0 unspecified atom stereocenters. The Morgan fingerprint density at radius 3 is 2.65 bits per heavy atom. The Hall–Kier alpha value is -2.21. The number of thiophene rings is 1. The lowest BCUT2D eigenvalue weighted by molar-refractivity contribution is 0.0702. The molecule has 5 nitrogen and oxygen atoms in total. The molecule has 102 valence electrons. The molecule has 3 rings (SSSR count). The number of hydrogen-bond acceptors (Lipinski definition) is 4. The standard InChI is InChI=1S/C14H13N3O2S/c1-8(2)12-10-7-11(14(18)19)20-13(10)17(16-12)9-3-5-15-6-4-9/h3-8H,1-2H3,(H,18,19). The molecule has 0 fully saturated rings. The van der Waals surface area contributed by atoms with Gasteiger partial charge < -0.3 is 5.11 Å². The topological polar surface area (TPSA) is 68.0 Å². The van der Waals surface area contributed by atoms with Gasteiger partial charge in [-0.25, -0.2) is 9.48 Å². The summed E-state index contributed by atoms with van der Waals surface area (Å²) in [6, 6.07) is 5.43. The smallest absolute Gasteiger partial charge is 0.345 e. The van der Waals surface area contributed by atoms with E-state index in [1.54, 1.807) is 23.1 Å². The van der Waals surface area contributed by atoms with E-state index >= 15 is 0 Å². The third-order valence-corrected chi connectivity index (χ3v) is 4.15. The molecule has 0 amide bonds. The lowest BCUT2D eigenvalue weighted by Crippen LogP contribution is -1.98. The second-order valence-electron chi connectivity index (χ2n) is 4.79. The van der Waals surface area contributed by atoms with Crippen LogP contribution in [0.25, 0.3) is 15.9 Å². The first kappa shape index (κ1) is 12.8. The van der Waals surface area contributed by atoms with Gasteiger partial charge in [-0.3, -0.25) is 4.98 Å². The number of nitrogens with zero attached hydrogens (tertiary/aromatic N) is 3. The predicted octanol–water partition coefficient (Wildman–Crippen LogP) is 3.30. The summed E-state index contributed by atoms with van der Waals surface area (Å²) < 4.78 is 1.80. The molecule has 0 aliphatic heterocycles. The summed E-state index contributed by atoms with van der Waals surface area (Å²) in [7, 11) is 0. The lowest BCUT2D eigenvalue weighted by atomic mass is 10.1. The Kier molecular flexibility index (Phi) is 3.02. The van der Waals surface area contributed by atoms with Crippen LogP contribution < -0.4 is 0 Å². The summed E-state index contributed by atoms with van der Waals surface area (Å²) >= 11 is 1.25. The molecule has 0 bridgehead atoms. The highest BCUT2D eigenvalue weighted by Crippen LogP contribution is 2.33. The van der Waals surface area contributed by atoms with Crippen molar-refractivity contribution in [1.82, 2.24) is 14.8 Å². The van der Waals surface area contributed by atoms with E-state index in [0.717, 1.165) is 21.6 Å². The molecule has 0 saturated heterocycles. The fourth-order valence-corrected chi connectivity index (χ4v) is 3.10. The summed E-state index contributed by atoms with van der Waals surface area (Å²) in [6.07, 6.45) is 3.40. The van der Waals surface area contributed by atoms with E-state index in [1.165, 1.54) is 11.3 Å². The van der Waals surface area contributed by atoms with E-state index in [1.807, 2.05) is 12.1 Å². The highest BCUT2D eigenvalue weighted by molar-refractivity contribution is 7.20. The molecule has 3 aromatic rings. The number of hydrogen-bond donors (Lipinski definition) is 1. The Labute approximate surface area is 119 Å². The minimum absolute atomic E-state index is 0.233. The quantitative estimate of drug-likeness (QED) is 0.802. The van der Waals surface area contributed by atoms with Crippen LogP contribution in [0.4, 0.5) is 0 Å². The van der Waals surface area contributed by atoms with Gasteiger partial charge >= 0.3 is 5.97 Å². The van der Waals surface area contributed by atoms with Gasteiger partial charge in [0.25, 0.3) is 0 Å². The number of aromatic carboxylic acids is 1. The highest BCUT2D eigenvalue weighted by atomic mass is 32.1. The summed E-state index contributed by atoms with van der Waals surface area (Å²) in [5.74, 6) is -0.668. The van der Waals surface area contributed by atoms with E-state index in [0.29, 0.717) is 4.88 Å². The summed E-state index contributed by atoms with van der Waals surface area (Å²) in [6.45, 7) is 4.10. The number of carboxylic acid groups (broad SMARTS) is 1. The zero-order valence-corrected chi connectivity index (χ0v) is 11.9.